The lowest BCUT2D eigenvalue weighted by atomic mass is 10.00. The van der Waals surface area contributed by atoms with E-state index < -0.39 is 29.3 Å². The predicted molar refractivity (Wildman–Crippen MR) is 115 cm³/mol. The van der Waals surface area contributed by atoms with Crippen LogP contribution in [-0.4, -0.2) is 41.1 Å². The number of aromatic nitrogens is 1. The minimum atomic E-state index is -4.57. The third-order valence-corrected chi connectivity index (χ3v) is 5.06. The number of pyridine rings is 1. The van der Waals surface area contributed by atoms with Crippen molar-refractivity contribution < 1.29 is 32.2 Å². The van der Waals surface area contributed by atoms with Gasteiger partial charge in [-0.2, -0.15) is 13.2 Å². The molecule has 0 saturated carbocycles. The van der Waals surface area contributed by atoms with Gasteiger partial charge in [0.15, 0.2) is 0 Å². The SMILES string of the molecule is COc1ccc(C(=O)Nc2cncc(C(F)(F)F)c2)cc1C1CCCN1C(=O)OC(C)(C)C. The first-order valence-electron chi connectivity index (χ1n) is 10.4. The van der Waals surface area contributed by atoms with Crippen molar-refractivity contribution in [2.75, 3.05) is 19.0 Å². The van der Waals surface area contributed by atoms with Crippen LogP contribution >= 0.6 is 0 Å². The summed E-state index contributed by atoms with van der Waals surface area (Å²) < 4.78 is 49.8. The Balaban J connectivity index is 1.86. The Labute approximate surface area is 189 Å². The molecule has 178 valence electrons. The second kappa shape index (κ2) is 9.29. The molecule has 2 heterocycles. The number of methoxy groups -OCH3 is 1. The zero-order valence-corrected chi connectivity index (χ0v) is 18.8. The van der Waals surface area contributed by atoms with E-state index in [1.54, 1.807) is 37.8 Å². The maximum Gasteiger partial charge on any atom is 0.417 e. The van der Waals surface area contributed by atoms with Crippen molar-refractivity contribution in [3.05, 3.63) is 53.3 Å². The Morgan fingerprint density at radius 1 is 1.15 bits per heavy atom. The molecule has 0 bridgehead atoms. The van der Waals surface area contributed by atoms with Crippen LogP contribution in [0.5, 0.6) is 5.75 Å². The zero-order chi connectivity index (χ0) is 24.4. The van der Waals surface area contributed by atoms with E-state index in [1.165, 1.54) is 13.2 Å². The predicted octanol–water partition coefficient (Wildman–Crippen LogP) is 5.43. The van der Waals surface area contributed by atoms with Gasteiger partial charge in [-0.3, -0.25) is 9.78 Å². The summed E-state index contributed by atoms with van der Waals surface area (Å²) in [6, 6.07) is 5.14. The zero-order valence-electron chi connectivity index (χ0n) is 18.8. The molecule has 1 aliphatic rings. The lowest BCUT2D eigenvalue weighted by Gasteiger charge is -2.29. The summed E-state index contributed by atoms with van der Waals surface area (Å²) in [7, 11) is 1.49. The molecule has 10 heteroatoms. The number of nitrogens with one attached hydrogen (secondary N) is 1. The largest absolute Gasteiger partial charge is 0.496 e. The summed E-state index contributed by atoms with van der Waals surface area (Å²) in [4.78, 5) is 30.6. The van der Waals surface area contributed by atoms with Crippen molar-refractivity contribution in [1.29, 1.82) is 0 Å². The second-order valence-electron chi connectivity index (χ2n) is 8.70. The number of rotatable bonds is 4. The fourth-order valence-electron chi connectivity index (χ4n) is 3.63. The summed E-state index contributed by atoms with van der Waals surface area (Å²) in [5, 5.41) is 2.44. The molecular formula is C23H26F3N3O4. The van der Waals surface area contributed by atoms with Crippen LogP contribution in [0.1, 0.15) is 61.1 Å². The molecule has 1 N–H and O–H groups in total. The van der Waals surface area contributed by atoms with Crippen LogP contribution in [-0.2, 0) is 10.9 Å². The monoisotopic (exact) mass is 465 g/mol. The van der Waals surface area contributed by atoms with Crippen LogP contribution < -0.4 is 10.1 Å². The average molecular weight is 465 g/mol. The Hall–Kier alpha value is -3.30. The molecule has 2 aromatic rings. The average Bonchev–Trinajstić information content (AvgIpc) is 3.21. The quantitative estimate of drug-likeness (QED) is 0.651. The Morgan fingerprint density at radius 3 is 2.52 bits per heavy atom. The van der Waals surface area contributed by atoms with Crippen molar-refractivity contribution in [3.63, 3.8) is 0 Å². The van der Waals surface area contributed by atoms with Gasteiger partial charge in [0.1, 0.15) is 11.4 Å². The highest BCUT2D eigenvalue weighted by atomic mass is 19.4. The van der Waals surface area contributed by atoms with Crippen LogP contribution in [0.15, 0.2) is 36.7 Å². The van der Waals surface area contributed by atoms with Crippen LogP contribution in [0.2, 0.25) is 0 Å². The molecule has 3 rings (SSSR count). The van der Waals surface area contributed by atoms with E-state index in [9.17, 15) is 22.8 Å². The second-order valence-corrected chi connectivity index (χ2v) is 8.70. The minimum absolute atomic E-state index is 0.0801. The summed E-state index contributed by atoms with van der Waals surface area (Å²) in [5.74, 6) is -0.116. The van der Waals surface area contributed by atoms with E-state index in [4.69, 9.17) is 9.47 Å². The van der Waals surface area contributed by atoms with Gasteiger partial charge in [-0.1, -0.05) is 0 Å². The maximum absolute atomic E-state index is 12.9. The van der Waals surface area contributed by atoms with E-state index in [0.717, 1.165) is 18.7 Å². The van der Waals surface area contributed by atoms with Crippen LogP contribution in [0.3, 0.4) is 0 Å². The highest BCUT2D eigenvalue weighted by Gasteiger charge is 2.35. The van der Waals surface area contributed by atoms with Crippen LogP contribution in [0, 0.1) is 0 Å². The van der Waals surface area contributed by atoms with Crippen molar-refractivity contribution >= 4 is 17.7 Å². The fraction of sp³-hybridized carbons (Fsp3) is 0.435. The van der Waals surface area contributed by atoms with Gasteiger partial charge in [-0.15, -0.1) is 0 Å². The summed E-state index contributed by atoms with van der Waals surface area (Å²) in [6.45, 7) is 5.84. The molecule has 1 fully saturated rings. The number of hydrogen-bond donors (Lipinski definition) is 1. The van der Waals surface area contributed by atoms with Crippen LogP contribution in [0.4, 0.5) is 23.7 Å². The third kappa shape index (κ3) is 5.94. The van der Waals surface area contributed by atoms with Crippen LogP contribution in [0.25, 0.3) is 0 Å². The lowest BCUT2D eigenvalue weighted by Crippen LogP contribution is -2.36. The highest BCUT2D eigenvalue weighted by Crippen LogP contribution is 2.38. The Kier molecular flexibility index (Phi) is 6.85. The van der Waals surface area contributed by atoms with E-state index in [0.29, 0.717) is 30.5 Å². The minimum Gasteiger partial charge on any atom is -0.496 e. The van der Waals surface area contributed by atoms with Crippen molar-refractivity contribution in [2.45, 2.75) is 51.4 Å². The molecule has 1 atom stereocenters. The first-order valence-corrected chi connectivity index (χ1v) is 10.4. The Bertz CT molecular complexity index is 1030. The van der Waals surface area contributed by atoms with Crippen molar-refractivity contribution in [2.24, 2.45) is 0 Å². The summed E-state index contributed by atoms with van der Waals surface area (Å²) >= 11 is 0. The van der Waals surface area contributed by atoms with Gasteiger partial charge in [0.2, 0.25) is 0 Å². The molecular weight excluding hydrogens is 439 g/mol. The normalized spacial score (nSPS) is 16.5. The topological polar surface area (TPSA) is 80.8 Å². The number of nitrogens with zero attached hydrogens (tertiary/aromatic N) is 2. The van der Waals surface area contributed by atoms with Crippen molar-refractivity contribution in [3.8, 4) is 5.75 Å². The molecule has 2 amide bonds. The van der Waals surface area contributed by atoms with Gasteiger partial charge in [-0.05, 0) is 57.9 Å². The lowest BCUT2D eigenvalue weighted by molar-refractivity contribution is -0.137. The number of amides is 2. The molecule has 0 aliphatic carbocycles. The first kappa shape index (κ1) is 24.3. The smallest absolute Gasteiger partial charge is 0.417 e. The number of likely N-dealkylation sites (tertiary alicyclic amines) is 1. The van der Waals surface area contributed by atoms with Gasteiger partial charge in [0.25, 0.3) is 5.91 Å². The molecule has 1 saturated heterocycles. The number of carbonyl (C=O) groups excluding carboxylic acids is 2. The molecule has 7 nitrogen and oxygen atoms in total. The van der Waals surface area contributed by atoms with E-state index in [1.807, 2.05) is 0 Å². The van der Waals surface area contributed by atoms with Gasteiger partial charge >= 0.3 is 12.3 Å². The van der Waals surface area contributed by atoms with Gasteiger partial charge in [0, 0.05) is 23.9 Å². The number of halogens is 3. The standard InChI is InChI=1S/C23H26F3N3O4/c1-22(2,3)33-21(31)29-9-5-6-18(29)17-10-14(7-8-19(17)32-4)20(30)28-16-11-15(12-27-13-16)23(24,25)26/h7-8,10-13,18H,5-6,9H2,1-4H3,(H,28,30). The van der Waals surface area contributed by atoms with E-state index in [2.05, 4.69) is 10.3 Å². The van der Waals surface area contributed by atoms with Gasteiger partial charge in [0.05, 0.1) is 30.6 Å². The number of benzene rings is 1. The molecule has 1 aromatic carbocycles. The summed E-state index contributed by atoms with van der Waals surface area (Å²) in [5.41, 5.74) is -0.872. The first-order chi connectivity index (χ1) is 15.4. The highest BCUT2D eigenvalue weighted by molar-refractivity contribution is 6.04. The number of hydrogen-bond acceptors (Lipinski definition) is 5. The number of carbonyl (C=O) groups is 2. The molecule has 1 aliphatic heterocycles. The van der Waals surface area contributed by atoms with Gasteiger partial charge < -0.3 is 19.7 Å². The molecule has 1 aromatic heterocycles. The maximum atomic E-state index is 12.9. The third-order valence-electron chi connectivity index (χ3n) is 5.06. The van der Waals surface area contributed by atoms with Crippen molar-refractivity contribution in [1.82, 2.24) is 9.88 Å². The summed E-state index contributed by atoms with van der Waals surface area (Å²) in [6.07, 6.45) is -1.81. The number of alkyl halides is 3. The van der Waals surface area contributed by atoms with Gasteiger partial charge in [-0.25, -0.2) is 4.79 Å². The fourth-order valence-corrected chi connectivity index (χ4v) is 3.63. The molecule has 33 heavy (non-hydrogen) atoms. The van der Waals surface area contributed by atoms with E-state index in [-0.39, 0.29) is 17.3 Å². The Morgan fingerprint density at radius 2 is 1.88 bits per heavy atom. The number of anilines is 1. The molecule has 0 spiro atoms. The molecule has 1 unspecified atom stereocenters. The van der Waals surface area contributed by atoms with E-state index >= 15 is 0 Å². The number of ether oxygens (including phenoxy) is 2. The molecule has 0 radical (unpaired) electrons.